The number of carbonyl (C=O) groups is 1. The molecule has 0 spiro atoms. The first kappa shape index (κ1) is 15.4. The topological polar surface area (TPSA) is 83.9 Å². The second kappa shape index (κ2) is 5.80. The molecular formula is C12H14BrNO5S. The van der Waals surface area contributed by atoms with E-state index >= 15 is 0 Å². The molecule has 2 unspecified atom stereocenters. The molecule has 1 aromatic rings. The van der Waals surface area contributed by atoms with E-state index in [1.807, 2.05) is 0 Å². The summed E-state index contributed by atoms with van der Waals surface area (Å²) < 4.78 is 31.8. The zero-order chi connectivity index (χ0) is 14.9. The fourth-order valence-electron chi connectivity index (χ4n) is 2.12. The summed E-state index contributed by atoms with van der Waals surface area (Å²) in [6.45, 7) is 0.104. The van der Waals surface area contributed by atoms with Gasteiger partial charge in [-0.2, -0.15) is 4.31 Å². The van der Waals surface area contributed by atoms with Crippen LogP contribution in [-0.2, 0) is 19.6 Å². The summed E-state index contributed by atoms with van der Waals surface area (Å²) in [5.41, 5.74) is 0. The van der Waals surface area contributed by atoms with Crippen molar-refractivity contribution in [1.82, 2.24) is 4.31 Å². The maximum Gasteiger partial charge on any atom is 0.310 e. The molecule has 0 amide bonds. The fraction of sp³-hybridized carbons (Fsp3) is 0.417. The number of aliphatic carboxylic acids is 1. The van der Waals surface area contributed by atoms with Crippen LogP contribution in [0.5, 0.6) is 0 Å². The number of halogens is 1. The van der Waals surface area contributed by atoms with Gasteiger partial charge in [0.25, 0.3) is 0 Å². The quantitative estimate of drug-likeness (QED) is 0.867. The van der Waals surface area contributed by atoms with Gasteiger partial charge in [0, 0.05) is 11.5 Å². The minimum atomic E-state index is -3.78. The first-order valence-corrected chi connectivity index (χ1v) is 8.12. The third-order valence-corrected chi connectivity index (χ3v) is 6.22. The van der Waals surface area contributed by atoms with Crippen molar-refractivity contribution in [3.05, 3.63) is 28.7 Å². The first-order valence-electron chi connectivity index (χ1n) is 5.89. The van der Waals surface area contributed by atoms with Crippen LogP contribution in [0.15, 0.2) is 33.6 Å². The zero-order valence-electron chi connectivity index (χ0n) is 10.7. The Morgan fingerprint density at radius 1 is 1.40 bits per heavy atom. The number of sulfonamides is 1. The van der Waals surface area contributed by atoms with Crippen molar-refractivity contribution in [2.24, 2.45) is 5.92 Å². The second-order valence-electron chi connectivity index (χ2n) is 4.50. The first-order chi connectivity index (χ1) is 9.35. The summed E-state index contributed by atoms with van der Waals surface area (Å²) in [4.78, 5) is 11.2. The summed E-state index contributed by atoms with van der Waals surface area (Å²) in [6.07, 6.45) is 0. The van der Waals surface area contributed by atoms with Gasteiger partial charge in [-0.1, -0.05) is 12.1 Å². The van der Waals surface area contributed by atoms with E-state index in [1.54, 1.807) is 18.2 Å². The number of likely N-dealkylation sites (N-methyl/N-ethyl adjacent to an activating group) is 1. The Balaban J connectivity index is 2.35. The standard InChI is InChI=1S/C12H14BrNO5S/c1-14(10-7-19-6-8(10)12(15)16)20(17,18)11-5-3-2-4-9(11)13/h2-5,8,10H,6-7H2,1H3,(H,15,16). The van der Waals surface area contributed by atoms with Crippen LogP contribution < -0.4 is 0 Å². The largest absolute Gasteiger partial charge is 0.481 e. The summed E-state index contributed by atoms with van der Waals surface area (Å²) in [5.74, 6) is -1.90. The highest BCUT2D eigenvalue weighted by molar-refractivity contribution is 9.10. The molecule has 8 heteroatoms. The maximum absolute atomic E-state index is 12.6. The Hall–Kier alpha value is -0.960. The molecule has 1 fully saturated rings. The number of hydrogen-bond acceptors (Lipinski definition) is 4. The third kappa shape index (κ3) is 2.73. The molecule has 110 valence electrons. The molecule has 1 aliphatic rings. The highest BCUT2D eigenvalue weighted by Gasteiger charge is 2.41. The van der Waals surface area contributed by atoms with Crippen molar-refractivity contribution >= 4 is 31.9 Å². The minimum Gasteiger partial charge on any atom is -0.481 e. The molecule has 1 saturated heterocycles. The van der Waals surface area contributed by atoms with Crippen LogP contribution in [0.3, 0.4) is 0 Å². The van der Waals surface area contributed by atoms with Crippen molar-refractivity contribution < 1.29 is 23.1 Å². The minimum absolute atomic E-state index is 0.0236. The van der Waals surface area contributed by atoms with Crippen LogP contribution >= 0.6 is 15.9 Å². The molecule has 0 aromatic heterocycles. The molecule has 0 aliphatic carbocycles. The second-order valence-corrected chi connectivity index (χ2v) is 7.32. The van der Waals surface area contributed by atoms with Gasteiger partial charge in [-0.3, -0.25) is 4.79 Å². The van der Waals surface area contributed by atoms with Crippen molar-refractivity contribution in [3.8, 4) is 0 Å². The van der Waals surface area contributed by atoms with E-state index in [-0.39, 0.29) is 18.1 Å². The van der Waals surface area contributed by atoms with Gasteiger partial charge in [0.1, 0.15) is 0 Å². The van der Waals surface area contributed by atoms with Gasteiger partial charge in [-0.05, 0) is 28.1 Å². The molecule has 20 heavy (non-hydrogen) atoms. The van der Waals surface area contributed by atoms with E-state index < -0.39 is 28.0 Å². The number of carboxylic acids is 1. The van der Waals surface area contributed by atoms with E-state index in [9.17, 15) is 13.2 Å². The molecule has 0 radical (unpaired) electrons. The number of hydrogen-bond donors (Lipinski definition) is 1. The number of rotatable bonds is 4. The van der Waals surface area contributed by atoms with E-state index in [4.69, 9.17) is 9.84 Å². The highest BCUT2D eigenvalue weighted by Crippen LogP contribution is 2.28. The number of benzene rings is 1. The van der Waals surface area contributed by atoms with E-state index in [0.717, 1.165) is 4.31 Å². The van der Waals surface area contributed by atoms with E-state index in [2.05, 4.69) is 15.9 Å². The molecule has 2 atom stereocenters. The SMILES string of the molecule is CN(C1COCC1C(=O)O)S(=O)(=O)c1ccccc1Br. The molecule has 1 aliphatic heterocycles. The molecule has 1 heterocycles. The highest BCUT2D eigenvalue weighted by atomic mass is 79.9. The van der Waals surface area contributed by atoms with E-state index in [1.165, 1.54) is 13.1 Å². The van der Waals surface area contributed by atoms with Gasteiger partial charge in [-0.15, -0.1) is 0 Å². The van der Waals surface area contributed by atoms with Crippen molar-refractivity contribution in [1.29, 1.82) is 0 Å². The van der Waals surface area contributed by atoms with Gasteiger partial charge in [0.05, 0.1) is 30.1 Å². The van der Waals surface area contributed by atoms with Gasteiger partial charge < -0.3 is 9.84 Å². The van der Waals surface area contributed by atoms with Crippen LogP contribution in [-0.4, -0.2) is 50.1 Å². The van der Waals surface area contributed by atoms with Gasteiger partial charge in [0.2, 0.25) is 10.0 Å². The summed E-state index contributed by atoms with van der Waals surface area (Å²) in [6, 6.07) is 5.72. The smallest absolute Gasteiger partial charge is 0.310 e. The van der Waals surface area contributed by atoms with Crippen LogP contribution in [0.25, 0.3) is 0 Å². The molecular weight excluding hydrogens is 350 g/mol. The molecule has 0 saturated carbocycles. The molecule has 1 aromatic carbocycles. The lowest BCUT2D eigenvalue weighted by Gasteiger charge is -2.26. The number of carboxylic acid groups (broad SMARTS) is 1. The summed E-state index contributed by atoms with van der Waals surface area (Å²) in [5, 5.41) is 9.11. The lowest BCUT2D eigenvalue weighted by Crippen LogP contribution is -2.44. The van der Waals surface area contributed by atoms with Crippen LogP contribution in [0.4, 0.5) is 0 Å². The fourth-order valence-corrected chi connectivity index (χ4v) is 4.46. The van der Waals surface area contributed by atoms with E-state index in [0.29, 0.717) is 4.47 Å². The maximum atomic E-state index is 12.6. The molecule has 6 nitrogen and oxygen atoms in total. The Bertz CT molecular complexity index is 618. The van der Waals surface area contributed by atoms with Crippen molar-refractivity contribution in [2.75, 3.05) is 20.3 Å². The Kier molecular flexibility index (Phi) is 4.48. The van der Waals surface area contributed by atoms with Crippen LogP contribution in [0, 0.1) is 5.92 Å². The van der Waals surface area contributed by atoms with Gasteiger partial charge in [-0.25, -0.2) is 8.42 Å². The molecule has 1 N–H and O–H groups in total. The van der Waals surface area contributed by atoms with Gasteiger partial charge in [0.15, 0.2) is 0 Å². The Morgan fingerprint density at radius 3 is 2.65 bits per heavy atom. The lowest BCUT2D eigenvalue weighted by molar-refractivity contribution is -0.142. The monoisotopic (exact) mass is 363 g/mol. The van der Waals surface area contributed by atoms with Crippen molar-refractivity contribution in [3.63, 3.8) is 0 Å². The lowest BCUT2D eigenvalue weighted by atomic mass is 10.1. The number of nitrogens with zero attached hydrogens (tertiary/aromatic N) is 1. The van der Waals surface area contributed by atoms with Crippen LogP contribution in [0.2, 0.25) is 0 Å². The van der Waals surface area contributed by atoms with Gasteiger partial charge >= 0.3 is 5.97 Å². The number of ether oxygens (including phenoxy) is 1. The Labute approximate surface area is 125 Å². The average Bonchev–Trinajstić information content (AvgIpc) is 2.87. The predicted octanol–water partition coefficient (Wildman–Crippen LogP) is 1.17. The summed E-state index contributed by atoms with van der Waals surface area (Å²) in [7, 11) is -2.40. The van der Waals surface area contributed by atoms with Crippen molar-refractivity contribution in [2.45, 2.75) is 10.9 Å². The predicted molar refractivity (Wildman–Crippen MR) is 74.8 cm³/mol. The normalized spacial score (nSPS) is 23.1. The zero-order valence-corrected chi connectivity index (χ0v) is 13.1. The Morgan fingerprint density at radius 2 is 2.05 bits per heavy atom. The molecule has 2 rings (SSSR count). The molecule has 0 bridgehead atoms. The summed E-state index contributed by atoms with van der Waals surface area (Å²) >= 11 is 3.20. The average molecular weight is 364 g/mol. The third-order valence-electron chi connectivity index (χ3n) is 3.33. The van der Waals surface area contributed by atoms with Crippen LogP contribution in [0.1, 0.15) is 0 Å².